The highest BCUT2D eigenvalue weighted by Crippen LogP contribution is 2.40. The summed E-state index contributed by atoms with van der Waals surface area (Å²) >= 11 is 0. The fourth-order valence-electron chi connectivity index (χ4n) is 8.28. The highest BCUT2D eigenvalue weighted by Gasteiger charge is 2.31. The van der Waals surface area contributed by atoms with Crippen LogP contribution in [0.25, 0.3) is 5.70 Å². The number of H-pyrrole nitrogens is 1. The molecule has 0 spiro atoms. The molecular formula is C48H88N4. The molecule has 0 saturated heterocycles. The second-order valence-corrected chi connectivity index (χ2v) is 16.8. The second-order valence-electron chi connectivity index (χ2n) is 16.8. The van der Waals surface area contributed by atoms with Crippen molar-refractivity contribution in [3.63, 3.8) is 0 Å². The lowest BCUT2D eigenvalue weighted by molar-refractivity contribution is 0.200. The topological polar surface area (TPSA) is 44.0 Å². The van der Waals surface area contributed by atoms with E-state index in [2.05, 4.69) is 59.8 Å². The van der Waals surface area contributed by atoms with Gasteiger partial charge < -0.3 is 15.2 Å². The molecule has 1 fully saturated rings. The molecule has 1 aliphatic rings. The summed E-state index contributed by atoms with van der Waals surface area (Å²) in [4.78, 5) is 10.2. The van der Waals surface area contributed by atoms with Gasteiger partial charge in [-0.3, -0.25) is 0 Å². The SMILES string of the molecule is C=CCCCCCN(CCCCCCCC(=C)CC(CCCCCCCC)CCCCCCCC)CC(CCCCNC(=C)c1c[nH]cn1)C1CC1. The summed E-state index contributed by atoms with van der Waals surface area (Å²) in [7, 11) is 0. The van der Waals surface area contributed by atoms with Crippen molar-refractivity contribution >= 4 is 5.70 Å². The zero-order valence-electron chi connectivity index (χ0n) is 35.0. The van der Waals surface area contributed by atoms with E-state index in [1.54, 1.807) is 11.9 Å². The maximum Gasteiger partial charge on any atom is 0.103 e. The number of hydrogen-bond donors (Lipinski definition) is 2. The molecule has 0 radical (unpaired) electrons. The molecular weight excluding hydrogens is 633 g/mol. The molecule has 1 aromatic heterocycles. The molecule has 0 aromatic carbocycles. The predicted octanol–water partition coefficient (Wildman–Crippen LogP) is 14.6. The number of aromatic amines is 1. The Labute approximate surface area is 325 Å². The van der Waals surface area contributed by atoms with Gasteiger partial charge in [0.25, 0.3) is 0 Å². The Kier molecular flexibility index (Phi) is 29.1. The normalized spacial score (nSPS) is 13.6. The summed E-state index contributed by atoms with van der Waals surface area (Å²) in [6.45, 7) is 22.2. The number of imidazole rings is 1. The van der Waals surface area contributed by atoms with E-state index >= 15 is 0 Å². The van der Waals surface area contributed by atoms with E-state index < -0.39 is 0 Å². The maximum absolute atomic E-state index is 4.61. The van der Waals surface area contributed by atoms with Crippen molar-refractivity contribution < 1.29 is 0 Å². The summed E-state index contributed by atoms with van der Waals surface area (Å²) in [5.41, 5.74) is 3.40. The molecule has 1 aromatic rings. The number of unbranched alkanes of at least 4 members (excludes halogenated alkanes) is 18. The Morgan fingerprint density at radius 3 is 1.94 bits per heavy atom. The van der Waals surface area contributed by atoms with Crippen LogP contribution in [0.15, 0.2) is 43.9 Å². The predicted molar refractivity (Wildman–Crippen MR) is 232 cm³/mol. The number of rotatable bonds is 40. The smallest absolute Gasteiger partial charge is 0.103 e. The van der Waals surface area contributed by atoms with Gasteiger partial charge in [0.15, 0.2) is 0 Å². The van der Waals surface area contributed by atoms with Gasteiger partial charge in [-0.05, 0) is 101 Å². The van der Waals surface area contributed by atoms with E-state index in [0.29, 0.717) is 0 Å². The summed E-state index contributed by atoms with van der Waals surface area (Å²) in [6.07, 6.45) is 47.0. The minimum atomic E-state index is 0.875. The first-order valence-electron chi connectivity index (χ1n) is 23.0. The lowest BCUT2D eigenvalue weighted by Gasteiger charge is -2.28. The first kappa shape index (κ1) is 46.3. The summed E-state index contributed by atoms with van der Waals surface area (Å²) in [6, 6.07) is 0. The first-order valence-corrected chi connectivity index (χ1v) is 23.0. The number of nitrogens with zero attached hydrogens (tertiary/aromatic N) is 2. The van der Waals surface area contributed by atoms with Gasteiger partial charge in [-0.1, -0.05) is 161 Å². The van der Waals surface area contributed by atoms with Crippen molar-refractivity contribution in [3.8, 4) is 0 Å². The zero-order chi connectivity index (χ0) is 37.3. The van der Waals surface area contributed by atoms with Crippen LogP contribution < -0.4 is 5.32 Å². The lowest BCUT2D eigenvalue weighted by Crippen LogP contribution is -2.32. The number of aromatic nitrogens is 2. The molecule has 1 unspecified atom stereocenters. The second kappa shape index (κ2) is 32.6. The Bertz CT molecular complexity index is 947. The quantitative estimate of drug-likeness (QED) is 0.0524. The van der Waals surface area contributed by atoms with Gasteiger partial charge in [0.05, 0.1) is 12.0 Å². The minimum Gasteiger partial charge on any atom is -0.384 e. The van der Waals surface area contributed by atoms with E-state index in [9.17, 15) is 0 Å². The largest absolute Gasteiger partial charge is 0.384 e. The molecule has 2 N–H and O–H groups in total. The van der Waals surface area contributed by atoms with Gasteiger partial charge >= 0.3 is 0 Å². The monoisotopic (exact) mass is 721 g/mol. The van der Waals surface area contributed by atoms with Crippen LogP contribution in [0.2, 0.25) is 0 Å². The molecule has 0 aliphatic heterocycles. The van der Waals surface area contributed by atoms with Crippen LogP contribution in [0.4, 0.5) is 0 Å². The van der Waals surface area contributed by atoms with Gasteiger partial charge in [-0.25, -0.2) is 4.98 Å². The third-order valence-electron chi connectivity index (χ3n) is 11.8. The molecule has 300 valence electrons. The zero-order valence-corrected chi connectivity index (χ0v) is 35.0. The van der Waals surface area contributed by atoms with Crippen molar-refractivity contribution in [3.05, 3.63) is 49.6 Å². The number of hydrogen-bond acceptors (Lipinski definition) is 3. The van der Waals surface area contributed by atoms with Crippen molar-refractivity contribution in [1.29, 1.82) is 0 Å². The van der Waals surface area contributed by atoms with Crippen molar-refractivity contribution in [1.82, 2.24) is 20.2 Å². The van der Waals surface area contributed by atoms with Crippen molar-refractivity contribution in [2.75, 3.05) is 26.2 Å². The van der Waals surface area contributed by atoms with Crippen molar-refractivity contribution in [2.45, 2.75) is 206 Å². The fraction of sp³-hybridized carbons (Fsp3) is 0.812. The highest BCUT2D eigenvalue weighted by atomic mass is 15.1. The summed E-state index contributed by atoms with van der Waals surface area (Å²) in [5.74, 6) is 2.73. The van der Waals surface area contributed by atoms with E-state index in [4.69, 9.17) is 0 Å². The van der Waals surface area contributed by atoms with Gasteiger partial charge in [0, 0.05) is 19.3 Å². The van der Waals surface area contributed by atoms with Crippen LogP contribution in [0, 0.1) is 17.8 Å². The van der Waals surface area contributed by atoms with Crippen LogP contribution in [-0.2, 0) is 0 Å². The van der Waals surface area contributed by atoms with Crippen LogP contribution in [-0.4, -0.2) is 41.0 Å². The van der Waals surface area contributed by atoms with Gasteiger partial charge in [-0.15, -0.1) is 6.58 Å². The Morgan fingerprint density at radius 1 is 0.769 bits per heavy atom. The lowest BCUT2D eigenvalue weighted by atomic mass is 9.87. The Hall–Kier alpha value is -1.81. The molecule has 2 rings (SSSR count). The molecule has 0 amide bonds. The van der Waals surface area contributed by atoms with Crippen LogP contribution in [0.1, 0.15) is 212 Å². The van der Waals surface area contributed by atoms with Crippen LogP contribution in [0.5, 0.6) is 0 Å². The molecule has 1 atom stereocenters. The molecule has 0 bridgehead atoms. The van der Waals surface area contributed by atoms with E-state index in [1.165, 1.54) is 206 Å². The average Bonchev–Trinajstić information content (AvgIpc) is 3.84. The first-order chi connectivity index (χ1) is 25.6. The molecule has 1 aliphatic carbocycles. The standard InChI is InChI=1S/C48H88N4/c1-6-9-12-15-19-24-31-45(32-25-20-16-13-10-7-2)39-43(4)30-23-18-17-22-29-38-52(37-28-21-14-11-8-3)41-47(46-34-35-46)33-26-27-36-50-44(5)48-40-49-42-51-48/h8,40,42,45-47,50H,3-7,9-39,41H2,1-2H3,(H,49,51). The van der Waals surface area contributed by atoms with Gasteiger partial charge in [0.2, 0.25) is 0 Å². The van der Waals surface area contributed by atoms with Gasteiger partial charge in [0.1, 0.15) is 5.69 Å². The average molecular weight is 721 g/mol. The Balaban J connectivity index is 1.67. The van der Waals surface area contributed by atoms with E-state index in [1.807, 2.05) is 6.20 Å². The van der Waals surface area contributed by atoms with Crippen molar-refractivity contribution in [2.24, 2.45) is 17.8 Å². The van der Waals surface area contributed by atoms with Crippen LogP contribution >= 0.6 is 0 Å². The number of nitrogens with one attached hydrogen (secondary N) is 2. The highest BCUT2D eigenvalue weighted by molar-refractivity contribution is 5.56. The van der Waals surface area contributed by atoms with Crippen LogP contribution in [0.3, 0.4) is 0 Å². The summed E-state index contributed by atoms with van der Waals surface area (Å²) < 4.78 is 0. The maximum atomic E-state index is 4.61. The number of allylic oxidation sites excluding steroid dienone is 2. The summed E-state index contributed by atoms with van der Waals surface area (Å²) in [5, 5.41) is 3.48. The molecule has 4 nitrogen and oxygen atoms in total. The molecule has 1 saturated carbocycles. The van der Waals surface area contributed by atoms with E-state index in [-0.39, 0.29) is 0 Å². The Morgan fingerprint density at radius 2 is 1.35 bits per heavy atom. The molecule has 1 heterocycles. The third kappa shape index (κ3) is 25.3. The van der Waals surface area contributed by atoms with Gasteiger partial charge in [-0.2, -0.15) is 0 Å². The fourth-order valence-corrected chi connectivity index (χ4v) is 8.28. The minimum absolute atomic E-state index is 0.875. The third-order valence-corrected chi connectivity index (χ3v) is 11.8. The van der Waals surface area contributed by atoms with E-state index in [0.717, 1.165) is 42.1 Å². The molecule has 52 heavy (non-hydrogen) atoms. The molecule has 4 heteroatoms.